The molecule has 0 aliphatic carbocycles. The van der Waals surface area contributed by atoms with Gasteiger partial charge in [-0.1, -0.05) is 30.3 Å². The van der Waals surface area contributed by atoms with Crippen LogP contribution in [0.1, 0.15) is 24.8 Å². The van der Waals surface area contributed by atoms with Gasteiger partial charge in [0.2, 0.25) is 5.91 Å². The maximum Gasteiger partial charge on any atom is 0.317 e. The van der Waals surface area contributed by atoms with Crippen LogP contribution < -0.4 is 5.32 Å². The predicted octanol–water partition coefficient (Wildman–Crippen LogP) is 1.61. The summed E-state index contributed by atoms with van der Waals surface area (Å²) in [5, 5.41) is 2.97. The smallest absolute Gasteiger partial charge is 0.317 e. The topological polar surface area (TPSA) is 61.9 Å². The number of hydrogen-bond acceptors (Lipinski definition) is 3. The van der Waals surface area contributed by atoms with Crippen molar-refractivity contribution in [2.45, 2.75) is 38.0 Å². The molecule has 6 nitrogen and oxygen atoms in total. The zero-order valence-corrected chi connectivity index (χ0v) is 14.4. The fraction of sp³-hybridized carbons (Fsp3) is 0.579. The lowest BCUT2D eigenvalue weighted by Gasteiger charge is -2.33. The molecule has 3 atom stereocenters. The van der Waals surface area contributed by atoms with Gasteiger partial charge in [0, 0.05) is 32.7 Å². The van der Waals surface area contributed by atoms with Gasteiger partial charge in [-0.2, -0.15) is 0 Å². The molecule has 25 heavy (non-hydrogen) atoms. The average molecular weight is 343 g/mol. The maximum atomic E-state index is 12.7. The molecule has 3 fully saturated rings. The van der Waals surface area contributed by atoms with Gasteiger partial charge in [0.15, 0.2) is 0 Å². The first kappa shape index (κ1) is 16.4. The van der Waals surface area contributed by atoms with Crippen LogP contribution in [0.4, 0.5) is 4.79 Å². The van der Waals surface area contributed by atoms with Crippen molar-refractivity contribution >= 4 is 11.9 Å². The Kier molecular flexibility index (Phi) is 4.61. The van der Waals surface area contributed by atoms with E-state index in [1.807, 2.05) is 35.2 Å². The summed E-state index contributed by atoms with van der Waals surface area (Å²) < 4.78 is 5.96. The van der Waals surface area contributed by atoms with Crippen LogP contribution in [0.25, 0.3) is 0 Å². The van der Waals surface area contributed by atoms with Crippen molar-refractivity contribution < 1.29 is 14.3 Å². The number of fused-ring (bicyclic) bond motifs is 2. The second-order valence-corrected chi connectivity index (χ2v) is 7.22. The number of hydrogen-bond donors (Lipinski definition) is 1. The molecular formula is C19H25N3O3. The minimum absolute atomic E-state index is 0.0159. The largest absolute Gasteiger partial charge is 0.370 e. The first-order chi connectivity index (χ1) is 12.2. The highest BCUT2D eigenvalue weighted by Crippen LogP contribution is 2.33. The van der Waals surface area contributed by atoms with Crippen molar-refractivity contribution in [3.05, 3.63) is 35.9 Å². The quantitative estimate of drug-likeness (QED) is 0.907. The molecule has 3 aliphatic heterocycles. The van der Waals surface area contributed by atoms with Crippen molar-refractivity contribution in [3.63, 3.8) is 0 Å². The van der Waals surface area contributed by atoms with Crippen LogP contribution in [-0.4, -0.2) is 60.1 Å². The Morgan fingerprint density at radius 1 is 1.08 bits per heavy atom. The molecule has 3 saturated heterocycles. The number of nitrogens with zero attached hydrogens (tertiary/aromatic N) is 2. The third kappa shape index (κ3) is 3.49. The second-order valence-electron chi connectivity index (χ2n) is 7.22. The molecule has 6 heteroatoms. The SMILES string of the molecule is O=C(NCc1ccccc1)N1C[C@@H]2C[C@@H](C(=O)N3CCCC3)[C@H](C1)O2. The Morgan fingerprint density at radius 3 is 2.60 bits per heavy atom. The lowest BCUT2D eigenvalue weighted by atomic mass is 9.99. The summed E-state index contributed by atoms with van der Waals surface area (Å²) in [5.41, 5.74) is 1.08. The molecule has 0 aromatic heterocycles. The second kappa shape index (κ2) is 7.04. The number of benzene rings is 1. The molecule has 3 aliphatic rings. The lowest BCUT2D eigenvalue weighted by Crippen LogP contribution is -2.51. The first-order valence-electron chi connectivity index (χ1n) is 9.21. The molecule has 4 rings (SSSR count). The average Bonchev–Trinajstić information content (AvgIpc) is 3.28. The third-order valence-corrected chi connectivity index (χ3v) is 5.47. The van der Waals surface area contributed by atoms with Crippen LogP contribution in [-0.2, 0) is 16.1 Å². The Labute approximate surface area is 148 Å². The molecule has 0 unspecified atom stereocenters. The van der Waals surface area contributed by atoms with Crippen molar-refractivity contribution in [3.8, 4) is 0 Å². The van der Waals surface area contributed by atoms with Gasteiger partial charge in [0.05, 0.1) is 18.1 Å². The number of morpholine rings is 1. The van der Waals surface area contributed by atoms with Crippen molar-refractivity contribution in [1.82, 2.24) is 15.1 Å². The zero-order chi connectivity index (χ0) is 17.2. The van der Waals surface area contributed by atoms with Crippen LogP contribution in [0.3, 0.4) is 0 Å². The highest BCUT2D eigenvalue weighted by Gasteiger charge is 2.47. The molecule has 3 amide bonds. The Hall–Kier alpha value is -2.08. The lowest BCUT2D eigenvalue weighted by molar-refractivity contribution is -0.137. The highest BCUT2D eigenvalue weighted by atomic mass is 16.5. The summed E-state index contributed by atoms with van der Waals surface area (Å²) in [6, 6.07) is 9.80. The van der Waals surface area contributed by atoms with E-state index in [0.717, 1.165) is 37.9 Å². The molecule has 1 N–H and O–H groups in total. The summed E-state index contributed by atoms with van der Waals surface area (Å²) >= 11 is 0. The van der Waals surface area contributed by atoms with Gasteiger partial charge in [-0.05, 0) is 24.8 Å². The van der Waals surface area contributed by atoms with Crippen LogP contribution >= 0.6 is 0 Å². The Bertz CT molecular complexity index is 630. The van der Waals surface area contributed by atoms with E-state index >= 15 is 0 Å². The monoisotopic (exact) mass is 343 g/mol. The van der Waals surface area contributed by atoms with Gasteiger partial charge >= 0.3 is 6.03 Å². The van der Waals surface area contributed by atoms with Crippen molar-refractivity contribution in [2.24, 2.45) is 5.92 Å². The van der Waals surface area contributed by atoms with Gasteiger partial charge in [-0.25, -0.2) is 4.79 Å². The van der Waals surface area contributed by atoms with E-state index in [1.165, 1.54) is 0 Å². The minimum atomic E-state index is -0.158. The summed E-state index contributed by atoms with van der Waals surface area (Å²) in [4.78, 5) is 29.0. The number of nitrogens with one attached hydrogen (secondary N) is 1. The zero-order valence-electron chi connectivity index (χ0n) is 14.4. The molecule has 0 spiro atoms. The van der Waals surface area contributed by atoms with Gasteiger partial charge in [-0.3, -0.25) is 4.79 Å². The van der Waals surface area contributed by atoms with Crippen LogP contribution in [0.15, 0.2) is 30.3 Å². The highest BCUT2D eigenvalue weighted by molar-refractivity contribution is 5.80. The van der Waals surface area contributed by atoms with Crippen LogP contribution in [0.2, 0.25) is 0 Å². The van der Waals surface area contributed by atoms with E-state index in [-0.39, 0.29) is 30.1 Å². The molecule has 1 aromatic carbocycles. The van der Waals surface area contributed by atoms with Gasteiger partial charge in [0.25, 0.3) is 0 Å². The molecule has 0 radical (unpaired) electrons. The number of likely N-dealkylation sites (tertiary alicyclic amines) is 2. The van der Waals surface area contributed by atoms with E-state index < -0.39 is 0 Å². The van der Waals surface area contributed by atoms with Crippen molar-refractivity contribution in [1.29, 1.82) is 0 Å². The van der Waals surface area contributed by atoms with E-state index in [2.05, 4.69) is 5.32 Å². The number of carbonyl (C=O) groups is 2. The number of amides is 3. The Morgan fingerprint density at radius 2 is 1.84 bits per heavy atom. The van der Waals surface area contributed by atoms with Gasteiger partial charge in [0.1, 0.15) is 0 Å². The number of urea groups is 1. The normalized spacial score (nSPS) is 28.2. The van der Waals surface area contributed by atoms with E-state index in [9.17, 15) is 9.59 Å². The van der Waals surface area contributed by atoms with Gasteiger partial charge in [-0.15, -0.1) is 0 Å². The van der Waals surface area contributed by atoms with Crippen molar-refractivity contribution in [2.75, 3.05) is 26.2 Å². The summed E-state index contributed by atoms with van der Waals surface area (Å²) in [7, 11) is 0. The number of carbonyl (C=O) groups excluding carboxylic acids is 2. The Balaban J connectivity index is 1.33. The molecule has 3 heterocycles. The fourth-order valence-electron chi connectivity index (χ4n) is 4.14. The molecule has 2 bridgehead atoms. The first-order valence-corrected chi connectivity index (χ1v) is 9.21. The predicted molar refractivity (Wildman–Crippen MR) is 92.8 cm³/mol. The third-order valence-electron chi connectivity index (χ3n) is 5.47. The van der Waals surface area contributed by atoms with E-state index in [1.54, 1.807) is 4.90 Å². The fourth-order valence-corrected chi connectivity index (χ4v) is 4.14. The van der Waals surface area contributed by atoms with E-state index in [0.29, 0.717) is 19.6 Å². The van der Waals surface area contributed by atoms with E-state index in [4.69, 9.17) is 4.74 Å². The minimum Gasteiger partial charge on any atom is -0.370 e. The maximum absolute atomic E-state index is 12.7. The number of rotatable bonds is 3. The molecular weight excluding hydrogens is 318 g/mol. The molecule has 134 valence electrons. The van der Waals surface area contributed by atoms with Crippen LogP contribution in [0.5, 0.6) is 0 Å². The number of ether oxygens (including phenoxy) is 1. The van der Waals surface area contributed by atoms with Crippen LogP contribution in [0, 0.1) is 5.92 Å². The summed E-state index contributed by atoms with van der Waals surface area (Å²) in [6.45, 7) is 3.33. The van der Waals surface area contributed by atoms with Gasteiger partial charge < -0.3 is 19.9 Å². The standard InChI is InChI=1S/C19H25N3O3/c23-18(21-8-4-5-9-21)16-10-15-12-22(13-17(16)25-15)19(24)20-11-14-6-2-1-3-7-14/h1-3,6-7,15-17H,4-5,8-13H2,(H,20,24)/t15-,16+,17-/m0/s1. The summed E-state index contributed by atoms with van der Waals surface area (Å²) in [5.74, 6) is 0.131. The molecule has 1 aromatic rings. The molecule has 0 saturated carbocycles. The summed E-state index contributed by atoms with van der Waals surface area (Å²) in [6.07, 6.45) is 2.76.